The molecule has 1 aromatic carbocycles. The second-order valence-electron chi connectivity index (χ2n) is 3.68. The van der Waals surface area contributed by atoms with E-state index in [1.54, 1.807) is 0 Å². The van der Waals surface area contributed by atoms with Crippen molar-refractivity contribution in [1.82, 2.24) is 0 Å². The molecule has 0 aliphatic carbocycles. The molecule has 1 heterocycles. The third kappa shape index (κ3) is 3.32. The second kappa shape index (κ2) is 5.34. The van der Waals surface area contributed by atoms with Gasteiger partial charge in [-0.25, -0.2) is 8.42 Å². The quantitative estimate of drug-likeness (QED) is 0.555. The zero-order valence-electron chi connectivity index (χ0n) is 9.91. The van der Waals surface area contributed by atoms with Crippen LogP contribution in [-0.4, -0.2) is 13.0 Å². The van der Waals surface area contributed by atoms with Crippen LogP contribution in [0.15, 0.2) is 22.4 Å². The molecular weight excluding hydrogens is 312 g/mol. The number of fused-ring (bicyclic) bond motifs is 1. The first-order valence-electron chi connectivity index (χ1n) is 4.67. The maximum absolute atomic E-state index is 12.5. The molecule has 0 saturated carbocycles. The Kier molecular flexibility index (Phi) is 4.76. The van der Waals surface area contributed by atoms with Crippen molar-refractivity contribution in [3.8, 4) is 0 Å². The molecule has 2 aromatic rings. The molecule has 0 unspecified atom stereocenters. The summed E-state index contributed by atoms with van der Waals surface area (Å²) in [5.74, 6) is 0. The smallest absolute Gasteiger partial charge is 0.743 e. The normalized spacial score (nSPS) is 12.5. The fourth-order valence-electron chi connectivity index (χ4n) is 1.61. The predicted molar refractivity (Wildman–Crippen MR) is 59.5 cm³/mol. The number of thiophene rings is 1. The average Bonchev–Trinajstić information content (AvgIpc) is 2.54. The van der Waals surface area contributed by atoms with Crippen LogP contribution >= 0.6 is 11.3 Å². The summed E-state index contributed by atoms with van der Waals surface area (Å²) in [4.78, 5) is 0. The van der Waals surface area contributed by atoms with E-state index in [4.69, 9.17) is 0 Å². The molecule has 3 nitrogen and oxygen atoms in total. The first-order chi connectivity index (χ1) is 8.10. The topological polar surface area (TPSA) is 57.2 Å². The number of halogens is 3. The largest absolute Gasteiger partial charge is 1.00 e. The third-order valence-corrected chi connectivity index (χ3v) is 5.14. The number of alkyl halides is 3. The number of benzene rings is 1. The molecular formula is C10H6F3NaO3S2. The third-order valence-electron chi connectivity index (χ3n) is 2.45. The Labute approximate surface area is 133 Å². The summed E-state index contributed by atoms with van der Waals surface area (Å²) in [5.41, 5.74) is -0.804. The van der Waals surface area contributed by atoms with Gasteiger partial charge in [-0.2, -0.15) is 13.2 Å². The van der Waals surface area contributed by atoms with Gasteiger partial charge in [-0.3, -0.25) is 0 Å². The molecule has 98 valence electrons. The molecule has 0 atom stereocenters. The van der Waals surface area contributed by atoms with Crippen molar-refractivity contribution in [3.63, 3.8) is 0 Å². The molecule has 0 aliphatic rings. The van der Waals surface area contributed by atoms with E-state index in [1.165, 1.54) is 13.0 Å². The summed E-state index contributed by atoms with van der Waals surface area (Å²) in [7, 11) is -4.66. The Morgan fingerprint density at radius 1 is 1.26 bits per heavy atom. The van der Waals surface area contributed by atoms with Gasteiger partial charge in [0.25, 0.3) is 0 Å². The van der Waals surface area contributed by atoms with Gasteiger partial charge < -0.3 is 4.55 Å². The fourth-order valence-corrected chi connectivity index (χ4v) is 3.70. The molecule has 2 rings (SSSR count). The number of hydrogen-bond donors (Lipinski definition) is 0. The average molecular weight is 318 g/mol. The first kappa shape index (κ1) is 16.9. The van der Waals surface area contributed by atoms with Crippen molar-refractivity contribution < 1.29 is 55.7 Å². The van der Waals surface area contributed by atoms with E-state index in [0.717, 1.165) is 12.1 Å². The Hall–Kier alpha value is -0.120. The van der Waals surface area contributed by atoms with E-state index in [-0.39, 0.29) is 40.5 Å². The minimum atomic E-state index is -4.66. The van der Waals surface area contributed by atoms with E-state index in [0.29, 0.717) is 16.0 Å². The van der Waals surface area contributed by atoms with Crippen LogP contribution in [0.1, 0.15) is 11.1 Å². The molecule has 0 N–H and O–H groups in total. The minimum Gasteiger partial charge on any atom is -0.743 e. The minimum absolute atomic E-state index is 0. The van der Waals surface area contributed by atoms with Crippen LogP contribution < -0.4 is 29.6 Å². The van der Waals surface area contributed by atoms with Crippen LogP contribution in [0.5, 0.6) is 0 Å². The molecule has 0 saturated heterocycles. The van der Waals surface area contributed by atoms with Gasteiger partial charge in [-0.1, -0.05) is 0 Å². The molecule has 0 fully saturated rings. The van der Waals surface area contributed by atoms with Gasteiger partial charge in [-0.05, 0) is 36.1 Å². The molecule has 0 aliphatic heterocycles. The van der Waals surface area contributed by atoms with Crippen molar-refractivity contribution in [2.24, 2.45) is 0 Å². The van der Waals surface area contributed by atoms with Crippen LogP contribution in [0.25, 0.3) is 10.1 Å². The Morgan fingerprint density at radius 2 is 1.84 bits per heavy atom. The van der Waals surface area contributed by atoms with Gasteiger partial charge in [0.1, 0.15) is 14.3 Å². The van der Waals surface area contributed by atoms with Crippen molar-refractivity contribution in [2.75, 3.05) is 0 Å². The number of aryl methyl sites for hydroxylation is 1. The summed E-state index contributed by atoms with van der Waals surface area (Å²) in [5, 5.41) is 0.143. The van der Waals surface area contributed by atoms with Crippen LogP contribution in [0, 0.1) is 6.92 Å². The number of rotatable bonds is 1. The monoisotopic (exact) mass is 318 g/mol. The zero-order valence-corrected chi connectivity index (χ0v) is 13.5. The summed E-state index contributed by atoms with van der Waals surface area (Å²) in [6.07, 6.45) is -4.50. The van der Waals surface area contributed by atoms with Crippen molar-refractivity contribution >= 4 is 31.5 Å². The molecule has 0 spiro atoms. The molecule has 19 heavy (non-hydrogen) atoms. The van der Waals surface area contributed by atoms with Gasteiger partial charge in [0.05, 0.1) is 5.56 Å². The standard InChI is InChI=1S/C10H7F3O3S2.Na/c1-5-7-4-6(10(11,12)13)2-3-8(7)17-9(5)18(14,15)16;/h2-4H,1H3,(H,14,15,16);/q;+1/p-1. The van der Waals surface area contributed by atoms with Gasteiger partial charge in [0.2, 0.25) is 0 Å². The Bertz CT molecular complexity index is 719. The molecule has 9 heteroatoms. The first-order valence-corrected chi connectivity index (χ1v) is 6.89. The molecule has 0 bridgehead atoms. The maximum Gasteiger partial charge on any atom is 1.00 e. The van der Waals surface area contributed by atoms with Crippen LogP contribution in [-0.2, 0) is 16.3 Å². The van der Waals surface area contributed by atoms with Crippen molar-refractivity contribution in [1.29, 1.82) is 0 Å². The van der Waals surface area contributed by atoms with Gasteiger partial charge in [0, 0.05) is 4.70 Å². The predicted octanol–water partition coefficient (Wildman–Crippen LogP) is 0.137. The molecule has 0 radical (unpaired) electrons. The Morgan fingerprint density at radius 3 is 2.32 bits per heavy atom. The van der Waals surface area contributed by atoms with Crippen LogP contribution in [0.3, 0.4) is 0 Å². The van der Waals surface area contributed by atoms with Gasteiger partial charge >= 0.3 is 35.7 Å². The molecule has 1 aromatic heterocycles. The zero-order chi connectivity index (χ0) is 13.7. The van der Waals surface area contributed by atoms with Crippen LogP contribution in [0.4, 0.5) is 13.2 Å². The fraction of sp³-hybridized carbons (Fsp3) is 0.200. The van der Waals surface area contributed by atoms with E-state index >= 15 is 0 Å². The van der Waals surface area contributed by atoms with Crippen molar-refractivity contribution in [2.45, 2.75) is 17.3 Å². The van der Waals surface area contributed by atoms with E-state index in [2.05, 4.69) is 0 Å². The second-order valence-corrected chi connectivity index (χ2v) is 6.30. The SMILES string of the molecule is Cc1c(S(=O)(=O)[O-])sc2ccc(C(F)(F)F)cc12.[Na+]. The summed E-state index contributed by atoms with van der Waals surface area (Å²) >= 11 is 0.682. The summed E-state index contributed by atoms with van der Waals surface area (Å²) in [6, 6.07) is 2.89. The summed E-state index contributed by atoms with van der Waals surface area (Å²) < 4.78 is 70.3. The van der Waals surface area contributed by atoms with Crippen LogP contribution in [0.2, 0.25) is 0 Å². The Balaban J connectivity index is 0.00000180. The van der Waals surface area contributed by atoms with E-state index in [9.17, 15) is 26.1 Å². The maximum atomic E-state index is 12.5. The van der Waals surface area contributed by atoms with Gasteiger partial charge in [-0.15, -0.1) is 11.3 Å². The number of hydrogen-bond acceptors (Lipinski definition) is 4. The van der Waals surface area contributed by atoms with E-state index < -0.39 is 26.1 Å². The van der Waals surface area contributed by atoms with Crippen molar-refractivity contribution in [3.05, 3.63) is 29.3 Å². The van der Waals surface area contributed by atoms with Gasteiger partial charge in [0.15, 0.2) is 0 Å². The molecule has 0 amide bonds. The summed E-state index contributed by atoms with van der Waals surface area (Å²) in [6.45, 7) is 1.32. The van der Waals surface area contributed by atoms with E-state index in [1.807, 2.05) is 0 Å².